The Morgan fingerprint density at radius 2 is 2.22 bits per heavy atom. The molecule has 0 saturated heterocycles. The number of nitrogens with two attached hydrogens (primary N) is 1. The first-order valence-corrected chi connectivity index (χ1v) is 6.87. The molecule has 0 bridgehead atoms. The fraction of sp³-hybridized carbons (Fsp3) is 0.231. The van der Waals surface area contributed by atoms with Gasteiger partial charge in [0.05, 0.1) is 17.9 Å². The number of thiophene rings is 1. The van der Waals surface area contributed by atoms with Gasteiger partial charge in [-0.2, -0.15) is 0 Å². The first-order chi connectivity index (χ1) is 8.58. The second-order valence-electron chi connectivity index (χ2n) is 4.10. The maximum atomic E-state index is 5.70. The lowest BCUT2D eigenvalue weighted by Crippen LogP contribution is -2.14. The van der Waals surface area contributed by atoms with Crippen LogP contribution in [0.2, 0.25) is 0 Å². The molecule has 3 nitrogen and oxygen atoms in total. The molecule has 0 aliphatic rings. The van der Waals surface area contributed by atoms with Gasteiger partial charge >= 0.3 is 0 Å². The van der Waals surface area contributed by atoms with Crippen molar-refractivity contribution in [3.8, 4) is 0 Å². The third-order valence-corrected chi connectivity index (χ3v) is 4.05. The van der Waals surface area contributed by atoms with Crippen molar-refractivity contribution in [2.45, 2.75) is 19.9 Å². The Labute approximate surface area is 116 Å². The highest BCUT2D eigenvalue weighted by Gasteiger charge is 2.11. The van der Waals surface area contributed by atoms with Crippen LogP contribution in [-0.2, 0) is 0 Å². The molecule has 2 heterocycles. The van der Waals surface area contributed by atoms with Gasteiger partial charge in [-0.1, -0.05) is 12.2 Å². The molecule has 3 N–H and O–H groups in total. The van der Waals surface area contributed by atoms with Crippen molar-refractivity contribution in [3.05, 3.63) is 45.9 Å². The van der Waals surface area contributed by atoms with E-state index in [2.05, 4.69) is 36.3 Å². The lowest BCUT2D eigenvalue weighted by Gasteiger charge is -2.16. The number of hydrogen-bond donors (Lipinski definition) is 2. The highest BCUT2D eigenvalue weighted by molar-refractivity contribution is 7.80. The third kappa shape index (κ3) is 2.86. The number of pyridine rings is 1. The second-order valence-corrected chi connectivity index (χ2v) is 5.86. The van der Waals surface area contributed by atoms with Crippen molar-refractivity contribution in [2.24, 2.45) is 5.73 Å². The van der Waals surface area contributed by atoms with Crippen molar-refractivity contribution >= 4 is 34.2 Å². The molecule has 0 aliphatic heterocycles. The second kappa shape index (κ2) is 5.46. The maximum absolute atomic E-state index is 5.70. The Morgan fingerprint density at radius 3 is 2.83 bits per heavy atom. The van der Waals surface area contributed by atoms with E-state index in [1.165, 1.54) is 9.75 Å². The molecule has 2 rings (SSSR count). The van der Waals surface area contributed by atoms with Crippen LogP contribution in [0, 0.1) is 6.92 Å². The Hall–Kier alpha value is -1.46. The van der Waals surface area contributed by atoms with E-state index in [4.69, 9.17) is 18.0 Å². The van der Waals surface area contributed by atoms with Gasteiger partial charge in [-0.15, -0.1) is 11.3 Å². The van der Waals surface area contributed by atoms with E-state index in [1.807, 2.05) is 6.07 Å². The quantitative estimate of drug-likeness (QED) is 0.842. The number of rotatable bonds is 4. The molecule has 18 heavy (non-hydrogen) atoms. The lowest BCUT2D eigenvalue weighted by atomic mass is 10.2. The van der Waals surface area contributed by atoms with Crippen LogP contribution in [0.3, 0.4) is 0 Å². The largest absolute Gasteiger partial charge is 0.389 e. The molecule has 0 spiro atoms. The normalized spacial score (nSPS) is 12.1. The van der Waals surface area contributed by atoms with Gasteiger partial charge in [0.1, 0.15) is 4.99 Å². The minimum absolute atomic E-state index is 0.209. The van der Waals surface area contributed by atoms with Gasteiger partial charge in [-0.25, -0.2) is 0 Å². The van der Waals surface area contributed by atoms with Gasteiger partial charge in [-0.05, 0) is 32.0 Å². The number of nitrogens with one attached hydrogen (secondary N) is 1. The predicted molar refractivity (Wildman–Crippen MR) is 81.2 cm³/mol. The summed E-state index contributed by atoms with van der Waals surface area (Å²) in [5, 5.41) is 3.40. The smallest absolute Gasteiger partial charge is 0.106 e. The van der Waals surface area contributed by atoms with Crippen LogP contribution in [-0.4, -0.2) is 9.97 Å². The molecule has 1 atom stereocenters. The Kier molecular flexibility index (Phi) is 3.93. The molecule has 2 aromatic heterocycles. The molecular formula is C13H15N3S2. The molecule has 2 aromatic rings. The number of nitrogens with zero attached hydrogens (tertiary/aromatic N) is 1. The minimum atomic E-state index is 0.209. The predicted octanol–water partition coefficient (Wildman–Crippen LogP) is 3.26. The molecule has 0 aromatic carbocycles. The number of aryl methyl sites for hydroxylation is 1. The minimum Gasteiger partial charge on any atom is -0.389 e. The fourth-order valence-corrected chi connectivity index (χ4v) is 2.77. The van der Waals surface area contributed by atoms with Gasteiger partial charge in [0, 0.05) is 21.5 Å². The summed E-state index contributed by atoms with van der Waals surface area (Å²) in [6, 6.07) is 6.29. The molecule has 5 heteroatoms. The Bertz CT molecular complexity index is 563. The summed E-state index contributed by atoms with van der Waals surface area (Å²) in [4.78, 5) is 7.08. The van der Waals surface area contributed by atoms with E-state index in [-0.39, 0.29) is 6.04 Å². The average molecular weight is 277 g/mol. The van der Waals surface area contributed by atoms with Gasteiger partial charge in [0.25, 0.3) is 0 Å². The number of aromatic nitrogens is 1. The molecule has 0 fully saturated rings. The summed E-state index contributed by atoms with van der Waals surface area (Å²) in [6.07, 6.45) is 3.45. The van der Waals surface area contributed by atoms with Crippen LogP contribution in [0.25, 0.3) is 0 Å². The van der Waals surface area contributed by atoms with Crippen LogP contribution in [0.15, 0.2) is 30.6 Å². The van der Waals surface area contributed by atoms with Crippen LogP contribution in [0.1, 0.15) is 28.3 Å². The lowest BCUT2D eigenvalue weighted by molar-refractivity contribution is 0.905. The zero-order valence-electron chi connectivity index (χ0n) is 10.3. The highest BCUT2D eigenvalue weighted by Crippen LogP contribution is 2.26. The van der Waals surface area contributed by atoms with E-state index >= 15 is 0 Å². The van der Waals surface area contributed by atoms with Gasteiger partial charge < -0.3 is 11.1 Å². The van der Waals surface area contributed by atoms with E-state index in [9.17, 15) is 0 Å². The zero-order valence-corrected chi connectivity index (χ0v) is 11.9. The van der Waals surface area contributed by atoms with Crippen LogP contribution in [0.5, 0.6) is 0 Å². The third-order valence-electron chi connectivity index (χ3n) is 2.65. The average Bonchev–Trinajstić information content (AvgIpc) is 2.76. The Morgan fingerprint density at radius 1 is 1.44 bits per heavy atom. The van der Waals surface area contributed by atoms with Gasteiger partial charge in [-0.3, -0.25) is 4.98 Å². The number of hydrogen-bond acceptors (Lipinski definition) is 4. The SMILES string of the molecule is Cc1ccc(C(C)Nc2cnccc2C(N)=S)s1. The molecular weight excluding hydrogens is 262 g/mol. The topological polar surface area (TPSA) is 50.9 Å². The highest BCUT2D eigenvalue weighted by atomic mass is 32.1. The van der Waals surface area contributed by atoms with E-state index in [0.717, 1.165) is 11.3 Å². The Balaban J connectivity index is 2.21. The van der Waals surface area contributed by atoms with Crippen molar-refractivity contribution in [1.82, 2.24) is 4.98 Å². The van der Waals surface area contributed by atoms with E-state index in [0.29, 0.717) is 4.99 Å². The molecule has 0 amide bonds. The zero-order chi connectivity index (χ0) is 13.1. The first kappa shape index (κ1) is 13.0. The summed E-state index contributed by atoms with van der Waals surface area (Å²) < 4.78 is 0. The monoisotopic (exact) mass is 277 g/mol. The molecule has 0 radical (unpaired) electrons. The molecule has 0 aliphatic carbocycles. The molecule has 94 valence electrons. The number of thiocarbonyl (C=S) groups is 1. The summed E-state index contributed by atoms with van der Waals surface area (Å²) in [7, 11) is 0. The summed E-state index contributed by atoms with van der Waals surface area (Å²) in [5.74, 6) is 0. The van der Waals surface area contributed by atoms with E-state index in [1.54, 1.807) is 23.7 Å². The maximum Gasteiger partial charge on any atom is 0.106 e. The fourth-order valence-electron chi connectivity index (χ4n) is 1.71. The molecule has 0 saturated carbocycles. The van der Waals surface area contributed by atoms with Crippen LogP contribution < -0.4 is 11.1 Å². The van der Waals surface area contributed by atoms with Crippen molar-refractivity contribution in [1.29, 1.82) is 0 Å². The summed E-state index contributed by atoms with van der Waals surface area (Å²) in [5.41, 5.74) is 7.41. The number of anilines is 1. The molecule has 1 unspecified atom stereocenters. The van der Waals surface area contributed by atoms with E-state index < -0.39 is 0 Å². The standard InChI is InChI=1S/C13H15N3S2/c1-8-3-4-12(18-8)9(2)16-11-7-15-6-5-10(11)13(14)17/h3-7,9,16H,1-2H3,(H2,14,17). The van der Waals surface area contributed by atoms with Crippen molar-refractivity contribution in [2.75, 3.05) is 5.32 Å². The van der Waals surface area contributed by atoms with Crippen molar-refractivity contribution < 1.29 is 0 Å². The van der Waals surface area contributed by atoms with Crippen LogP contribution >= 0.6 is 23.6 Å². The van der Waals surface area contributed by atoms with Gasteiger partial charge in [0.15, 0.2) is 0 Å². The van der Waals surface area contributed by atoms with Gasteiger partial charge in [0.2, 0.25) is 0 Å². The first-order valence-electron chi connectivity index (χ1n) is 5.64. The van der Waals surface area contributed by atoms with Crippen LogP contribution in [0.4, 0.5) is 5.69 Å². The summed E-state index contributed by atoms with van der Waals surface area (Å²) in [6.45, 7) is 4.22. The van der Waals surface area contributed by atoms with Crippen molar-refractivity contribution in [3.63, 3.8) is 0 Å². The summed E-state index contributed by atoms with van der Waals surface area (Å²) >= 11 is 6.82.